The van der Waals surface area contributed by atoms with Crippen molar-refractivity contribution in [2.45, 2.75) is 19.8 Å². The lowest BCUT2D eigenvalue weighted by Crippen LogP contribution is -2.12. The lowest BCUT2D eigenvalue weighted by molar-refractivity contribution is -0.116. The molecule has 1 heterocycles. The Kier molecular flexibility index (Phi) is 4.04. The van der Waals surface area contributed by atoms with E-state index < -0.39 is 0 Å². The fraction of sp³-hybridized carbons (Fsp3) is 0.231. The number of carbonyl (C=O) groups is 1. The van der Waals surface area contributed by atoms with Crippen LogP contribution in [-0.4, -0.2) is 10.9 Å². The number of hydrogen-bond donors (Lipinski definition) is 1. The Morgan fingerprint density at radius 1 is 1.39 bits per heavy atom. The normalized spacial score (nSPS) is 10.3. The standard InChI is InChI=1S/C13H13FN2OS/c1-9-8-18-13(15-9)16-12(17)7-4-10-2-5-11(14)6-3-10/h2-3,5-6,8H,4,7H2,1H3,(H,15,16,17). The molecule has 3 nitrogen and oxygen atoms in total. The summed E-state index contributed by atoms with van der Waals surface area (Å²) >= 11 is 1.41. The molecule has 5 heteroatoms. The van der Waals surface area contributed by atoms with Crippen LogP contribution in [0.25, 0.3) is 0 Å². The number of anilines is 1. The number of rotatable bonds is 4. The van der Waals surface area contributed by atoms with Gasteiger partial charge < -0.3 is 5.32 Å². The minimum absolute atomic E-state index is 0.0753. The van der Waals surface area contributed by atoms with Crippen LogP contribution < -0.4 is 5.32 Å². The van der Waals surface area contributed by atoms with Gasteiger partial charge in [0, 0.05) is 11.8 Å². The van der Waals surface area contributed by atoms with Gasteiger partial charge in [-0.05, 0) is 31.0 Å². The molecule has 0 unspecified atom stereocenters. The van der Waals surface area contributed by atoms with Gasteiger partial charge in [0.2, 0.25) is 5.91 Å². The van der Waals surface area contributed by atoms with Crippen molar-refractivity contribution >= 4 is 22.4 Å². The summed E-state index contributed by atoms with van der Waals surface area (Å²) in [5, 5.41) is 5.25. The number of aryl methyl sites for hydroxylation is 2. The number of nitrogens with zero attached hydrogens (tertiary/aromatic N) is 1. The Morgan fingerprint density at radius 3 is 2.72 bits per heavy atom. The van der Waals surface area contributed by atoms with E-state index in [2.05, 4.69) is 10.3 Å². The van der Waals surface area contributed by atoms with Gasteiger partial charge in [0.1, 0.15) is 5.82 Å². The van der Waals surface area contributed by atoms with Crippen molar-refractivity contribution in [3.05, 3.63) is 46.7 Å². The maximum Gasteiger partial charge on any atom is 0.226 e. The van der Waals surface area contributed by atoms with E-state index in [-0.39, 0.29) is 11.7 Å². The molecule has 1 N–H and O–H groups in total. The van der Waals surface area contributed by atoms with E-state index in [0.717, 1.165) is 11.3 Å². The Hall–Kier alpha value is -1.75. The molecule has 0 fully saturated rings. The third-order valence-electron chi connectivity index (χ3n) is 2.42. The van der Waals surface area contributed by atoms with E-state index in [1.54, 1.807) is 12.1 Å². The van der Waals surface area contributed by atoms with Crippen LogP contribution in [0.2, 0.25) is 0 Å². The second-order valence-corrected chi connectivity index (χ2v) is 4.83. The maximum atomic E-state index is 12.7. The molecule has 1 aromatic heterocycles. The number of amides is 1. The van der Waals surface area contributed by atoms with Gasteiger partial charge >= 0.3 is 0 Å². The molecule has 1 amide bonds. The highest BCUT2D eigenvalue weighted by Crippen LogP contribution is 2.15. The fourth-order valence-corrected chi connectivity index (χ4v) is 2.21. The van der Waals surface area contributed by atoms with Gasteiger partial charge in [0.05, 0.1) is 5.69 Å². The van der Waals surface area contributed by atoms with Crippen LogP contribution in [0.15, 0.2) is 29.6 Å². The van der Waals surface area contributed by atoms with Crippen LogP contribution in [0.5, 0.6) is 0 Å². The molecular weight excluding hydrogens is 251 g/mol. The van der Waals surface area contributed by atoms with Crippen molar-refractivity contribution in [2.75, 3.05) is 5.32 Å². The van der Waals surface area contributed by atoms with Gasteiger partial charge in [-0.25, -0.2) is 9.37 Å². The first kappa shape index (κ1) is 12.7. The third kappa shape index (κ3) is 3.63. The molecule has 0 saturated heterocycles. The summed E-state index contributed by atoms with van der Waals surface area (Å²) in [5.41, 5.74) is 1.84. The smallest absolute Gasteiger partial charge is 0.226 e. The van der Waals surface area contributed by atoms with Crippen LogP contribution in [0.1, 0.15) is 17.7 Å². The van der Waals surface area contributed by atoms with Gasteiger partial charge in [-0.15, -0.1) is 11.3 Å². The number of carbonyl (C=O) groups excluding carboxylic acids is 1. The van der Waals surface area contributed by atoms with Crippen LogP contribution in [-0.2, 0) is 11.2 Å². The van der Waals surface area contributed by atoms with Crippen molar-refractivity contribution < 1.29 is 9.18 Å². The molecular formula is C13H13FN2OS. The first-order chi connectivity index (χ1) is 8.63. The number of nitrogens with one attached hydrogen (secondary N) is 1. The van der Waals surface area contributed by atoms with E-state index in [9.17, 15) is 9.18 Å². The Labute approximate surface area is 109 Å². The zero-order valence-corrected chi connectivity index (χ0v) is 10.8. The number of benzene rings is 1. The highest BCUT2D eigenvalue weighted by molar-refractivity contribution is 7.13. The van der Waals surface area contributed by atoms with E-state index in [0.29, 0.717) is 18.0 Å². The quantitative estimate of drug-likeness (QED) is 0.921. The molecule has 0 bridgehead atoms. The summed E-state index contributed by atoms with van der Waals surface area (Å²) in [6.07, 6.45) is 0.959. The predicted octanol–water partition coefficient (Wildman–Crippen LogP) is 3.16. The number of hydrogen-bond acceptors (Lipinski definition) is 3. The second-order valence-electron chi connectivity index (χ2n) is 3.97. The minimum Gasteiger partial charge on any atom is -0.302 e. The molecule has 0 aliphatic rings. The van der Waals surface area contributed by atoms with Crippen LogP contribution >= 0.6 is 11.3 Å². The van der Waals surface area contributed by atoms with Crippen molar-refractivity contribution in [3.63, 3.8) is 0 Å². The van der Waals surface area contributed by atoms with Crippen LogP contribution in [0, 0.1) is 12.7 Å². The third-order valence-corrected chi connectivity index (χ3v) is 3.29. The highest BCUT2D eigenvalue weighted by atomic mass is 32.1. The zero-order chi connectivity index (χ0) is 13.0. The molecule has 0 spiro atoms. The zero-order valence-electron chi connectivity index (χ0n) is 9.94. The van der Waals surface area contributed by atoms with Gasteiger partial charge in [-0.1, -0.05) is 12.1 Å². The Morgan fingerprint density at radius 2 is 2.11 bits per heavy atom. The topological polar surface area (TPSA) is 42.0 Å². The molecule has 0 aliphatic heterocycles. The second kappa shape index (κ2) is 5.73. The summed E-state index contributed by atoms with van der Waals surface area (Å²) in [6.45, 7) is 1.88. The van der Waals surface area contributed by atoms with E-state index in [1.165, 1.54) is 23.5 Å². The van der Waals surface area contributed by atoms with E-state index >= 15 is 0 Å². The minimum atomic E-state index is -0.263. The summed E-state index contributed by atoms with van der Waals surface area (Å²) in [5.74, 6) is -0.338. The molecule has 2 rings (SSSR count). The molecule has 0 atom stereocenters. The van der Waals surface area contributed by atoms with Crippen molar-refractivity contribution in [2.24, 2.45) is 0 Å². The summed E-state index contributed by atoms with van der Waals surface area (Å²) in [6, 6.07) is 6.18. The molecule has 94 valence electrons. The Balaban J connectivity index is 1.83. The predicted molar refractivity (Wildman–Crippen MR) is 70.2 cm³/mol. The summed E-state index contributed by atoms with van der Waals surface area (Å²) in [4.78, 5) is 15.8. The largest absolute Gasteiger partial charge is 0.302 e. The van der Waals surface area contributed by atoms with E-state index in [4.69, 9.17) is 0 Å². The lowest BCUT2D eigenvalue weighted by atomic mass is 10.1. The number of halogens is 1. The van der Waals surface area contributed by atoms with Crippen LogP contribution in [0.3, 0.4) is 0 Å². The SMILES string of the molecule is Cc1csc(NC(=O)CCc2ccc(F)cc2)n1. The van der Waals surface area contributed by atoms with Crippen LogP contribution in [0.4, 0.5) is 9.52 Å². The first-order valence-corrected chi connectivity index (χ1v) is 6.48. The molecule has 0 aliphatic carbocycles. The molecule has 18 heavy (non-hydrogen) atoms. The fourth-order valence-electron chi connectivity index (χ4n) is 1.50. The van der Waals surface area contributed by atoms with Gasteiger partial charge in [-0.2, -0.15) is 0 Å². The van der Waals surface area contributed by atoms with Crippen molar-refractivity contribution in [1.29, 1.82) is 0 Å². The van der Waals surface area contributed by atoms with Gasteiger partial charge in [-0.3, -0.25) is 4.79 Å². The average Bonchev–Trinajstić information content (AvgIpc) is 2.74. The van der Waals surface area contributed by atoms with Gasteiger partial charge in [0.25, 0.3) is 0 Å². The molecule has 1 aromatic carbocycles. The lowest BCUT2D eigenvalue weighted by Gasteiger charge is -2.02. The summed E-state index contributed by atoms with van der Waals surface area (Å²) < 4.78 is 12.7. The summed E-state index contributed by atoms with van der Waals surface area (Å²) in [7, 11) is 0. The molecule has 0 radical (unpaired) electrons. The molecule has 0 saturated carbocycles. The van der Waals surface area contributed by atoms with Crippen molar-refractivity contribution in [1.82, 2.24) is 4.98 Å². The maximum absolute atomic E-state index is 12.7. The first-order valence-electron chi connectivity index (χ1n) is 5.60. The van der Waals surface area contributed by atoms with Crippen molar-refractivity contribution in [3.8, 4) is 0 Å². The highest BCUT2D eigenvalue weighted by Gasteiger charge is 2.05. The number of aromatic nitrogens is 1. The Bertz CT molecular complexity index is 536. The molecule has 2 aromatic rings. The average molecular weight is 264 g/mol. The van der Waals surface area contributed by atoms with Gasteiger partial charge in [0.15, 0.2) is 5.13 Å². The number of thiazole rings is 1. The van der Waals surface area contributed by atoms with E-state index in [1.807, 2.05) is 12.3 Å². The monoisotopic (exact) mass is 264 g/mol.